The van der Waals surface area contributed by atoms with Gasteiger partial charge in [0.05, 0.1) is 6.04 Å². The maximum atomic E-state index is 6.03. The lowest BCUT2D eigenvalue weighted by Crippen LogP contribution is -2.30. The highest BCUT2D eigenvalue weighted by Crippen LogP contribution is 2.20. The van der Waals surface area contributed by atoms with Crippen molar-refractivity contribution < 1.29 is 0 Å². The summed E-state index contributed by atoms with van der Waals surface area (Å²) in [6, 6.07) is 7.64. The number of hydrazine groups is 1. The molecule has 0 bridgehead atoms. The Labute approximate surface area is 124 Å². The molecule has 108 valence electrons. The average molecular weight is 294 g/mol. The van der Waals surface area contributed by atoms with Gasteiger partial charge in [-0.2, -0.15) is 5.10 Å². The van der Waals surface area contributed by atoms with Crippen molar-refractivity contribution in [2.24, 2.45) is 11.8 Å². The average Bonchev–Trinajstić information content (AvgIpc) is 2.82. The summed E-state index contributed by atoms with van der Waals surface area (Å²) < 4.78 is 1.93. The Morgan fingerprint density at radius 3 is 2.85 bits per heavy atom. The molecule has 0 saturated carbocycles. The van der Waals surface area contributed by atoms with Gasteiger partial charge in [0.1, 0.15) is 12.2 Å². The first-order valence-electron chi connectivity index (χ1n) is 6.68. The summed E-state index contributed by atoms with van der Waals surface area (Å²) in [6.07, 6.45) is 2.26. The smallest absolute Gasteiger partial charge is 0.138 e. The van der Waals surface area contributed by atoms with Crippen molar-refractivity contribution >= 4 is 11.6 Å². The Morgan fingerprint density at radius 1 is 1.40 bits per heavy atom. The minimum absolute atomic E-state index is 0.0381. The molecule has 2 aromatic rings. The van der Waals surface area contributed by atoms with Crippen LogP contribution in [0.3, 0.4) is 0 Å². The molecule has 0 spiro atoms. The van der Waals surface area contributed by atoms with Crippen molar-refractivity contribution in [1.29, 1.82) is 0 Å². The van der Waals surface area contributed by atoms with Crippen LogP contribution in [0.1, 0.15) is 31.3 Å². The maximum Gasteiger partial charge on any atom is 0.138 e. The number of nitrogens with zero attached hydrogens (tertiary/aromatic N) is 3. The van der Waals surface area contributed by atoms with Crippen LogP contribution < -0.4 is 11.3 Å². The molecule has 0 amide bonds. The van der Waals surface area contributed by atoms with Crippen LogP contribution in [0.2, 0.25) is 5.02 Å². The first-order chi connectivity index (χ1) is 9.60. The molecule has 1 aromatic carbocycles. The van der Waals surface area contributed by atoms with Gasteiger partial charge >= 0.3 is 0 Å². The molecule has 1 unspecified atom stereocenters. The molecule has 3 N–H and O–H groups in total. The van der Waals surface area contributed by atoms with E-state index in [1.54, 1.807) is 6.33 Å². The van der Waals surface area contributed by atoms with Crippen molar-refractivity contribution in [3.63, 3.8) is 0 Å². The number of hydrogen-bond acceptors (Lipinski definition) is 4. The van der Waals surface area contributed by atoms with E-state index in [1.807, 2.05) is 28.9 Å². The zero-order chi connectivity index (χ0) is 14.5. The fourth-order valence-corrected chi connectivity index (χ4v) is 2.32. The summed E-state index contributed by atoms with van der Waals surface area (Å²) in [5, 5.41) is 4.97. The van der Waals surface area contributed by atoms with Crippen LogP contribution in [-0.4, -0.2) is 14.8 Å². The molecule has 20 heavy (non-hydrogen) atoms. The fourth-order valence-electron chi connectivity index (χ4n) is 2.12. The van der Waals surface area contributed by atoms with Gasteiger partial charge in [0.15, 0.2) is 0 Å². The molecule has 6 heteroatoms. The summed E-state index contributed by atoms with van der Waals surface area (Å²) in [7, 11) is 0. The van der Waals surface area contributed by atoms with E-state index < -0.39 is 0 Å². The van der Waals surface area contributed by atoms with Crippen molar-refractivity contribution in [3.05, 3.63) is 47.0 Å². The molecule has 0 aliphatic carbocycles. The minimum Gasteiger partial charge on any atom is -0.271 e. The van der Waals surface area contributed by atoms with Crippen LogP contribution in [0.4, 0.5) is 0 Å². The molecule has 2 rings (SSSR count). The lowest BCUT2D eigenvalue weighted by molar-refractivity contribution is 0.446. The third-order valence-electron chi connectivity index (χ3n) is 3.07. The van der Waals surface area contributed by atoms with Crippen LogP contribution >= 0.6 is 11.6 Å². The summed E-state index contributed by atoms with van der Waals surface area (Å²) in [4.78, 5) is 4.33. The van der Waals surface area contributed by atoms with Crippen molar-refractivity contribution in [1.82, 2.24) is 20.2 Å². The van der Waals surface area contributed by atoms with Crippen LogP contribution in [0, 0.1) is 5.92 Å². The second kappa shape index (κ2) is 6.83. The molecule has 5 nitrogen and oxygen atoms in total. The van der Waals surface area contributed by atoms with E-state index in [4.69, 9.17) is 17.4 Å². The highest BCUT2D eigenvalue weighted by Gasteiger charge is 2.15. The third-order valence-corrected chi connectivity index (χ3v) is 3.31. The van der Waals surface area contributed by atoms with Crippen molar-refractivity contribution in [2.75, 3.05) is 0 Å². The zero-order valence-electron chi connectivity index (χ0n) is 11.8. The normalized spacial score (nSPS) is 12.8. The van der Waals surface area contributed by atoms with Crippen molar-refractivity contribution in [2.45, 2.75) is 32.9 Å². The van der Waals surface area contributed by atoms with E-state index in [1.165, 1.54) is 0 Å². The molecule has 1 aromatic heterocycles. The first kappa shape index (κ1) is 15.0. The number of aromatic nitrogens is 3. The predicted molar refractivity (Wildman–Crippen MR) is 80.1 cm³/mol. The second-order valence-electron chi connectivity index (χ2n) is 5.23. The van der Waals surface area contributed by atoms with Crippen LogP contribution in [-0.2, 0) is 13.0 Å². The molecule has 1 heterocycles. The lowest BCUT2D eigenvalue weighted by Gasteiger charge is -2.17. The molecular weight excluding hydrogens is 274 g/mol. The standard InChI is InChI=1S/C14H20ClN5/c1-10(2)8-20-14(17-9-18-20)7-13(19-16)11-4-3-5-12(15)6-11/h3-6,9-10,13,19H,7-8,16H2,1-2H3. The van der Waals surface area contributed by atoms with Crippen LogP contribution in [0.5, 0.6) is 0 Å². The Bertz CT molecular complexity index is 552. The largest absolute Gasteiger partial charge is 0.271 e. The molecular formula is C14H20ClN5. The van der Waals surface area contributed by atoms with Gasteiger partial charge in [-0.05, 0) is 23.6 Å². The quantitative estimate of drug-likeness (QED) is 0.633. The summed E-state index contributed by atoms with van der Waals surface area (Å²) in [6.45, 7) is 5.16. The van der Waals surface area contributed by atoms with E-state index in [9.17, 15) is 0 Å². The highest BCUT2D eigenvalue weighted by molar-refractivity contribution is 6.30. The van der Waals surface area contributed by atoms with E-state index in [0.717, 1.165) is 17.9 Å². The highest BCUT2D eigenvalue weighted by atomic mass is 35.5. The SMILES string of the molecule is CC(C)Cn1ncnc1CC(NN)c1cccc(Cl)c1. The number of benzene rings is 1. The Morgan fingerprint density at radius 2 is 2.20 bits per heavy atom. The molecule has 1 atom stereocenters. The molecule has 0 aliphatic rings. The number of rotatable bonds is 6. The van der Waals surface area contributed by atoms with E-state index in [2.05, 4.69) is 29.4 Å². The predicted octanol–water partition coefficient (Wildman–Crippen LogP) is 2.33. The van der Waals surface area contributed by atoms with Gasteiger partial charge in [0.25, 0.3) is 0 Å². The number of nitrogens with two attached hydrogens (primary N) is 1. The summed E-state index contributed by atoms with van der Waals surface area (Å²) in [5.41, 5.74) is 3.87. The Hall–Kier alpha value is -1.43. The van der Waals surface area contributed by atoms with Crippen molar-refractivity contribution in [3.8, 4) is 0 Å². The van der Waals surface area contributed by atoms with E-state index in [0.29, 0.717) is 17.4 Å². The van der Waals surface area contributed by atoms with Crippen LogP contribution in [0.25, 0.3) is 0 Å². The number of hydrogen-bond donors (Lipinski definition) is 2. The molecule has 0 saturated heterocycles. The van der Waals surface area contributed by atoms with Crippen LogP contribution in [0.15, 0.2) is 30.6 Å². The fraction of sp³-hybridized carbons (Fsp3) is 0.429. The van der Waals surface area contributed by atoms with Gasteiger partial charge in [0.2, 0.25) is 0 Å². The molecule has 0 radical (unpaired) electrons. The molecule has 0 aliphatic heterocycles. The van der Waals surface area contributed by atoms with Gasteiger partial charge < -0.3 is 0 Å². The van der Waals surface area contributed by atoms with Gasteiger partial charge in [-0.3, -0.25) is 11.3 Å². The van der Waals surface area contributed by atoms with E-state index >= 15 is 0 Å². The summed E-state index contributed by atoms with van der Waals surface area (Å²) in [5.74, 6) is 7.11. The number of halogens is 1. The van der Waals surface area contributed by atoms with Gasteiger partial charge in [0, 0.05) is 18.0 Å². The topological polar surface area (TPSA) is 68.8 Å². The molecule has 0 fully saturated rings. The first-order valence-corrected chi connectivity index (χ1v) is 7.06. The zero-order valence-corrected chi connectivity index (χ0v) is 12.5. The maximum absolute atomic E-state index is 6.03. The van der Waals surface area contributed by atoms with Gasteiger partial charge in [-0.25, -0.2) is 9.67 Å². The lowest BCUT2D eigenvalue weighted by atomic mass is 10.0. The number of nitrogens with one attached hydrogen (secondary N) is 1. The van der Waals surface area contributed by atoms with Gasteiger partial charge in [-0.15, -0.1) is 0 Å². The Kier molecular flexibility index (Phi) is 5.11. The van der Waals surface area contributed by atoms with Gasteiger partial charge in [-0.1, -0.05) is 37.6 Å². The second-order valence-corrected chi connectivity index (χ2v) is 5.67. The Balaban J connectivity index is 2.16. The summed E-state index contributed by atoms with van der Waals surface area (Å²) >= 11 is 6.03. The minimum atomic E-state index is -0.0381. The van der Waals surface area contributed by atoms with E-state index in [-0.39, 0.29) is 6.04 Å². The third kappa shape index (κ3) is 3.79. The monoisotopic (exact) mass is 293 g/mol.